The number of methoxy groups -OCH3 is 1. The lowest BCUT2D eigenvalue weighted by molar-refractivity contribution is 0.0741. The van der Waals surface area contributed by atoms with E-state index in [-0.39, 0.29) is 5.91 Å². The number of aromatic nitrogens is 3. The smallest absolute Gasteiger partial charge is 0.274 e. The average molecular weight is 365 g/mol. The number of hydrogen-bond acceptors (Lipinski definition) is 5. The molecular formula is C20H23N5O2. The van der Waals surface area contributed by atoms with Crippen molar-refractivity contribution in [1.29, 1.82) is 0 Å². The maximum absolute atomic E-state index is 12.9. The molecule has 1 aromatic carbocycles. The molecule has 0 unspecified atom stereocenters. The van der Waals surface area contributed by atoms with Crippen LogP contribution in [0.25, 0.3) is 5.65 Å². The fourth-order valence-electron chi connectivity index (χ4n) is 3.45. The summed E-state index contributed by atoms with van der Waals surface area (Å²) in [5, 5.41) is 4.26. The first-order chi connectivity index (χ1) is 13.0. The Morgan fingerprint density at radius 1 is 1.07 bits per heavy atom. The molecule has 1 saturated heterocycles. The zero-order valence-electron chi connectivity index (χ0n) is 15.8. The number of amides is 1. The summed E-state index contributed by atoms with van der Waals surface area (Å²) in [5.41, 5.74) is 4.82. The number of piperazine rings is 1. The van der Waals surface area contributed by atoms with Crippen molar-refractivity contribution in [2.45, 2.75) is 13.8 Å². The van der Waals surface area contributed by atoms with Gasteiger partial charge in [-0.25, -0.2) is 9.50 Å². The van der Waals surface area contributed by atoms with E-state index in [0.29, 0.717) is 30.3 Å². The molecule has 0 atom stereocenters. The van der Waals surface area contributed by atoms with E-state index in [1.165, 1.54) is 16.8 Å². The van der Waals surface area contributed by atoms with Crippen LogP contribution in [0.4, 0.5) is 5.69 Å². The number of carbonyl (C=O) groups is 1. The first kappa shape index (κ1) is 17.3. The summed E-state index contributed by atoms with van der Waals surface area (Å²) in [5.74, 6) is 0.432. The second-order valence-corrected chi connectivity index (χ2v) is 6.87. The highest BCUT2D eigenvalue weighted by atomic mass is 16.5. The Morgan fingerprint density at radius 3 is 2.59 bits per heavy atom. The Kier molecular flexibility index (Phi) is 4.43. The van der Waals surface area contributed by atoms with Gasteiger partial charge in [-0.15, -0.1) is 5.10 Å². The molecule has 0 spiro atoms. The largest absolute Gasteiger partial charge is 0.480 e. The Balaban J connectivity index is 1.48. The van der Waals surface area contributed by atoms with Crippen LogP contribution in [0, 0.1) is 13.8 Å². The molecule has 2 aromatic heterocycles. The van der Waals surface area contributed by atoms with E-state index in [9.17, 15) is 4.79 Å². The maximum Gasteiger partial charge on any atom is 0.274 e. The van der Waals surface area contributed by atoms with Crippen LogP contribution in [0.15, 0.2) is 36.5 Å². The standard InChI is InChI=1S/C20H23N5O2/c1-14-4-5-15(2)17(12-14)23-8-10-24(11-9-23)20(26)16-13-25-18(21-16)6-7-19(22-25)27-3/h4-7,12-13H,8-11H2,1-3H3. The molecule has 3 heterocycles. The van der Waals surface area contributed by atoms with E-state index in [4.69, 9.17) is 4.74 Å². The summed E-state index contributed by atoms with van der Waals surface area (Å²) in [6, 6.07) is 10.0. The lowest BCUT2D eigenvalue weighted by Gasteiger charge is -2.36. The highest BCUT2D eigenvalue weighted by Gasteiger charge is 2.25. The van der Waals surface area contributed by atoms with E-state index in [0.717, 1.165) is 13.1 Å². The molecule has 0 saturated carbocycles. The molecule has 3 aromatic rings. The van der Waals surface area contributed by atoms with Crippen molar-refractivity contribution in [1.82, 2.24) is 19.5 Å². The predicted molar refractivity (Wildman–Crippen MR) is 104 cm³/mol. The van der Waals surface area contributed by atoms with Gasteiger partial charge in [-0.3, -0.25) is 4.79 Å². The average Bonchev–Trinajstić information content (AvgIpc) is 3.12. The van der Waals surface area contributed by atoms with Gasteiger partial charge in [-0.05, 0) is 37.1 Å². The normalized spacial score (nSPS) is 14.6. The molecule has 1 aliphatic heterocycles. The Hall–Kier alpha value is -3.09. The first-order valence-corrected chi connectivity index (χ1v) is 9.07. The summed E-state index contributed by atoms with van der Waals surface area (Å²) >= 11 is 0. The predicted octanol–water partition coefficient (Wildman–Crippen LogP) is 2.32. The third-order valence-electron chi connectivity index (χ3n) is 5.00. The first-order valence-electron chi connectivity index (χ1n) is 9.07. The van der Waals surface area contributed by atoms with Crippen LogP contribution in [0.1, 0.15) is 21.6 Å². The molecule has 7 nitrogen and oxygen atoms in total. The second-order valence-electron chi connectivity index (χ2n) is 6.87. The molecule has 0 bridgehead atoms. The molecule has 1 amide bonds. The van der Waals surface area contributed by atoms with Gasteiger partial charge in [0, 0.05) is 37.9 Å². The van der Waals surface area contributed by atoms with Gasteiger partial charge in [0.2, 0.25) is 5.88 Å². The fourth-order valence-corrected chi connectivity index (χ4v) is 3.45. The van der Waals surface area contributed by atoms with Crippen molar-refractivity contribution in [3.05, 3.63) is 53.3 Å². The third-order valence-corrected chi connectivity index (χ3v) is 5.00. The van der Waals surface area contributed by atoms with Crippen molar-refractivity contribution >= 4 is 17.2 Å². The molecular weight excluding hydrogens is 342 g/mol. The lowest BCUT2D eigenvalue weighted by Crippen LogP contribution is -2.49. The number of rotatable bonds is 3. The van der Waals surface area contributed by atoms with Crippen LogP contribution >= 0.6 is 0 Å². The molecule has 0 aliphatic carbocycles. The maximum atomic E-state index is 12.9. The Morgan fingerprint density at radius 2 is 1.85 bits per heavy atom. The lowest BCUT2D eigenvalue weighted by atomic mass is 10.1. The van der Waals surface area contributed by atoms with Gasteiger partial charge < -0.3 is 14.5 Å². The van der Waals surface area contributed by atoms with Crippen LogP contribution in [0.5, 0.6) is 5.88 Å². The summed E-state index contributed by atoms with van der Waals surface area (Å²) < 4.78 is 6.70. The van der Waals surface area contributed by atoms with E-state index >= 15 is 0 Å². The fraction of sp³-hybridized carbons (Fsp3) is 0.350. The van der Waals surface area contributed by atoms with E-state index in [2.05, 4.69) is 47.0 Å². The van der Waals surface area contributed by atoms with E-state index in [1.54, 1.807) is 30.0 Å². The molecule has 7 heteroatoms. The van der Waals surface area contributed by atoms with Crippen LogP contribution in [0.3, 0.4) is 0 Å². The molecule has 0 N–H and O–H groups in total. The molecule has 1 fully saturated rings. The van der Waals surface area contributed by atoms with Gasteiger partial charge >= 0.3 is 0 Å². The SMILES string of the molecule is COc1ccc2nc(C(=O)N3CCN(c4cc(C)ccc4C)CC3)cn2n1. The third kappa shape index (κ3) is 3.32. The minimum Gasteiger partial charge on any atom is -0.480 e. The van der Waals surface area contributed by atoms with Crippen LogP contribution in [-0.4, -0.2) is 58.7 Å². The number of hydrogen-bond donors (Lipinski definition) is 0. The van der Waals surface area contributed by atoms with Gasteiger partial charge in [0.05, 0.1) is 13.3 Å². The number of aryl methyl sites for hydroxylation is 2. The molecule has 4 rings (SSSR count). The van der Waals surface area contributed by atoms with Crippen LogP contribution in [-0.2, 0) is 0 Å². The number of anilines is 1. The van der Waals surface area contributed by atoms with Gasteiger partial charge in [0.15, 0.2) is 5.65 Å². The number of nitrogens with zero attached hydrogens (tertiary/aromatic N) is 5. The molecule has 0 radical (unpaired) electrons. The minimum absolute atomic E-state index is 0.0555. The van der Waals surface area contributed by atoms with E-state index < -0.39 is 0 Å². The van der Waals surface area contributed by atoms with Gasteiger partial charge in [0.1, 0.15) is 5.69 Å². The van der Waals surface area contributed by atoms with Crippen molar-refractivity contribution in [3.8, 4) is 5.88 Å². The number of ether oxygens (including phenoxy) is 1. The minimum atomic E-state index is -0.0555. The van der Waals surface area contributed by atoms with Crippen molar-refractivity contribution in [3.63, 3.8) is 0 Å². The second kappa shape index (κ2) is 6.90. The number of benzene rings is 1. The van der Waals surface area contributed by atoms with Crippen molar-refractivity contribution < 1.29 is 9.53 Å². The summed E-state index contributed by atoms with van der Waals surface area (Å²) in [6.45, 7) is 7.22. The Labute approximate surface area is 158 Å². The van der Waals surface area contributed by atoms with Crippen molar-refractivity contribution in [2.24, 2.45) is 0 Å². The van der Waals surface area contributed by atoms with Crippen LogP contribution < -0.4 is 9.64 Å². The summed E-state index contributed by atoms with van der Waals surface area (Å²) in [6.07, 6.45) is 1.66. The quantitative estimate of drug-likeness (QED) is 0.713. The number of carbonyl (C=O) groups excluding carboxylic acids is 1. The molecule has 1 aliphatic rings. The summed E-state index contributed by atoms with van der Waals surface area (Å²) in [4.78, 5) is 21.5. The molecule has 140 valence electrons. The van der Waals surface area contributed by atoms with Crippen molar-refractivity contribution in [2.75, 3.05) is 38.2 Å². The number of fused-ring (bicyclic) bond motifs is 1. The summed E-state index contributed by atoms with van der Waals surface area (Å²) in [7, 11) is 1.56. The van der Waals surface area contributed by atoms with Gasteiger partial charge in [-0.1, -0.05) is 12.1 Å². The monoisotopic (exact) mass is 365 g/mol. The molecule has 27 heavy (non-hydrogen) atoms. The van der Waals surface area contributed by atoms with Gasteiger partial charge in [-0.2, -0.15) is 0 Å². The highest BCUT2D eigenvalue weighted by molar-refractivity contribution is 5.93. The zero-order valence-corrected chi connectivity index (χ0v) is 15.8. The number of imidazole rings is 1. The highest BCUT2D eigenvalue weighted by Crippen LogP contribution is 2.23. The van der Waals surface area contributed by atoms with E-state index in [1.807, 2.05) is 4.90 Å². The van der Waals surface area contributed by atoms with Gasteiger partial charge in [0.25, 0.3) is 5.91 Å². The van der Waals surface area contributed by atoms with Crippen LogP contribution in [0.2, 0.25) is 0 Å². The topological polar surface area (TPSA) is 63.0 Å². The Bertz CT molecular complexity index is 989. The zero-order chi connectivity index (χ0) is 19.0.